The second kappa shape index (κ2) is 2.31. The molecule has 74 valence electrons. The summed E-state index contributed by atoms with van der Waals surface area (Å²) < 4.78 is 5.67. The summed E-state index contributed by atoms with van der Waals surface area (Å²) in [6, 6.07) is 7.82. The lowest BCUT2D eigenvalue weighted by Crippen LogP contribution is -2.58. The van der Waals surface area contributed by atoms with Gasteiger partial charge in [-0.25, -0.2) is 0 Å². The second-order valence-corrected chi connectivity index (χ2v) is 4.71. The third kappa shape index (κ3) is 0.758. The molecule has 1 fully saturated rings. The Morgan fingerprint density at radius 1 is 1.29 bits per heavy atom. The molecule has 2 heteroatoms. The molecule has 1 aliphatic carbocycles. The summed E-state index contributed by atoms with van der Waals surface area (Å²) in [5, 5.41) is 10.6. The van der Waals surface area contributed by atoms with E-state index in [0.29, 0.717) is 6.61 Å². The molecule has 0 spiro atoms. The van der Waals surface area contributed by atoms with Crippen LogP contribution in [0.5, 0.6) is 5.75 Å². The Hall–Kier alpha value is -1.02. The van der Waals surface area contributed by atoms with Gasteiger partial charge in [0, 0.05) is 11.0 Å². The SMILES string of the molecule is CC12CCC1(O)c1ccccc1OC2. The first kappa shape index (κ1) is 8.30. The van der Waals surface area contributed by atoms with E-state index in [0.717, 1.165) is 24.2 Å². The second-order valence-electron chi connectivity index (χ2n) is 4.71. The Balaban J connectivity index is 2.18. The fourth-order valence-electron chi connectivity index (χ4n) is 2.61. The van der Waals surface area contributed by atoms with Crippen LogP contribution in [0.4, 0.5) is 0 Å². The zero-order valence-corrected chi connectivity index (χ0v) is 8.29. The van der Waals surface area contributed by atoms with Gasteiger partial charge in [-0.15, -0.1) is 0 Å². The molecule has 0 radical (unpaired) electrons. The van der Waals surface area contributed by atoms with Gasteiger partial charge in [-0.1, -0.05) is 25.1 Å². The van der Waals surface area contributed by atoms with E-state index in [2.05, 4.69) is 6.92 Å². The molecule has 1 heterocycles. The van der Waals surface area contributed by atoms with Gasteiger partial charge in [0.2, 0.25) is 0 Å². The van der Waals surface area contributed by atoms with Gasteiger partial charge in [-0.05, 0) is 18.9 Å². The normalized spacial score (nSPS) is 39.0. The molecular weight excluding hydrogens is 176 g/mol. The van der Waals surface area contributed by atoms with Crippen molar-refractivity contribution < 1.29 is 9.84 Å². The van der Waals surface area contributed by atoms with E-state index < -0.39 is 5.60 Å². The summed E-state index contributed by atoms with van der Waals surface area (Å²) in [5.41, 5.74) is 0.267. The summed E-state index contributed by atoms with van der Waals surface area (Å²) in [6.45, 7) is 2.74. The molecule has 2 unspecified atom stereocenters. The van der Waals surface area contributed by atoms with Gasteiger partial charge in [-0.3, -0.25) is 0 Å². The molecule has 1 aliphatic heterocycles. The van der Waals surface area contributed by atoms with Crippen molar-refractivity contribution in [2.75, 3.05) is 6.61 Å². The average molecular weight is 190 g/mol. The summed E-state index contributed by atoms with van der Waals surface area (Å²) >= 11 is 0. The van der Waals surface area contributed by atoms with E-state index in [1.54, 1.807) is 0 Å². The van der Waals surface area contributed by atoms with Crippen LogP contribution < -0.4 is 4.74 Å². The molecule has 2 nitrogen and oxygen atoms in total. The van der Waals surface area contributed by atoms with Crippen molar-refractivity contribution in [3.8, 4) is 5.75 Å². The molecule has 0 amide bonds. The zero-order valence-electron chi connectivity index (χ0n) is 8.29. The summed E-state index contributed by atoms with van der Waals surface area (Å²) in [7, 11) is 0. The molecule has 1 N–H and O–H groups in total. The van der Waals surface area contributed by atoms with Crippen molar-refractivity contribution in [1.29, 1.82) is 0 Å². The van der Waals surface area contributed by atoms with Crippen LogP contribution in [0.15, 0.2) is 24.3 Å². The van der Waals surface area contributed by atoms with Crippen LogP contribution in [0.3, 0.4) is 0 Å². The Bertz CT molecular complexity index is 388. The van der Waals surface area contributed by atoms with E-state index in [4.69, 9.17) is 4.74 Å². The minimum atomic E-state index is -0.637. The van der Waals surface area contributed by atoms with Gasteiger partial charge in [0.05, 0.1) is 6.61 Å². The Morgan fingerprint density at radius 3 is 2.79 bits per heavy atom. The number of benzene rings is 1. The first-order valence-electron chi connectivity index (χ1n) is 5.10. The lowest BCUT2D eigenvalue weighted by Gasteiger charge is -2.57. The molecule has 1 aromatic carbocycles. The van der Waals surface area contributed by atoms with E-state index in [1.165, 1.54) is 0 Å². The van der Waals surface area contributed by atoms with Crippen molar-refractivity contribution in [2.24, 2.45) is 5.41 Å². The predicted molar refractivity (Wildman–Crippen MR) is 53.2 cm³/mol. The van der Waals surface area contributed by atoms with E-state index in [9.17, 15) is 5.11 Å². The molecule has 0 saturated heterocycles. The highest BCUT2D eigenvalue weighted by Crippen LogP contribution is 2.60. The molecule has 1 aromatic rings. The van der Waals surface area contributed by atoms with Crippen molar-refractivity contribution in [2.45, 2.75) is 25.4 Å². The van der Waals surface area contributed by atoms with Crippen LogP contribution in [0.1, 0.15) is 25.3 Å². The summed E-state index contributed by atoms with van der Waals surface area (Å²) in [6.07, 6.45) is 1.92. The standard InChI is InChI=1S/C12H14O2/c1-11-6-7-12(11,13)9-4-2-3-5-10(9)14-8-11/h2-5,13H,6-8H2,1H3. The number of fused-ring (bicyclic) bond motifs is 3. The molecule has 14 heavy (non-hydrogen) atoms. The number of hydrogen-bond donors (Lipinski definition) is 1. The Labute approximate surface area is 83.5 Å². The average Bonchev–Trinajstić information content (AvgIpc) is 2.22. The highest BCUT2D eigenvalue weighted by molar-refractivity contribution is 5.43. The first-order chi connectivity index (χ1) is 6.66. The first-order valence-corrected chi connectivity index (χ1v) is 5.10. The van der Waals surface area contributed by atoms with Crippen molar-refractivity contribution >= 4 is 0 Å². The van der Waals surface area contributed by atoms with Crippen LogP contribution in [0, 0.1) is 5.41 Å². The molecule has 0 bridgehead atoms. The third-order valence-electron chi connectivity index (χ3n) is 3.92. The van der Waals surface area contributed by atoms with Crippen LogP contribution >= 0.6 is 0 Å². The van der Waals surface area contributed by atoms with Gasteiger partial charge >= 0.3 is 0 Å². The molecule has 1 saturated carbocycles. The zero-order chi connectivity index (χ0) is 9.81. The van der Waals surface area contributed by atoms with Crippen LogP contribution in [0.25, 0.3) is 0 Å². The van der Waals surface area contributed by atoms with E-state index in [-0.39, 0.29) is 5.41 Å². The van der Waals surface area contributed by atoms with E-state index >= 15 is 0 Å². The minimum absolute atomic E-state index is 0.0681. The van der Waals surface area contributed by atoms with Crippen LogP contribution in [-0.2, 0) is 5.60 Å². The number of hydrogen-bond acceptors (Lipinski definition) is 2. The monoisotopic (exact) mass is 190 g/mol. The van der Waals surface area contributed by atoms with Gasteiger partial charge < -0.3 is 9.84 Å². The minimum Gasteiger partial charge on any atom is -0.492 e. The van der Waals surface area contributed by atoms with Gasteiger partial charge in [0.15, 0.2) is 0 Å². The number of rotatable bonds is 0. The molecule has 3 rings (SSSR count). The van der Waals surface area contributed by atoms with Gasteiger partial charge in [0.1, 0.15) is 11.4 Å². The molecule has 0 aromatic heterocycles. The van der Waals surface area contributed by atoms with Gasteiger partial charge in [0.25, 0.3) is 0 Å². The quantitative estimate of drug-likeness (QED) is 0.678. The van der Waals surface area contributed by atoms with Crippen molar-refractivity contribution in [3.05, 3.63) is 29.8 Å². The maximum Gasteiger partial charge on any atom is 0.125 e. The smallest absolute Gasteiger partial charge is 0.125 e. The van der Waals surface area contributed by atoms with Crippen molar-refractivity contribution in [1.82, 2.24) is 0 Å². The molecule has 2 aliphatic rings. The topological polar surface area (TPSA) is 29.5 Å². The lowest BCUT2D eigenvalue weighted by molar-refractivity contribution is -0.194. The number of aliphatic hydroxyl groups is 1. The third-order valence-corrected chi connectivity index (χ3v) is 3.92. The summed E-state index contributed by atoms with van der Waals surface area (Å²) in [5.74, 6) is 0.854. The highest BCUT2D eigenvalue weighted by Gasteiger charge is 2.59. The molecule has 2 atom stereocenters. The number of ether oxygens (including phenoxy) is 1. The fraction of sp³-hybridized carbons (Fsp3) is 0.500. The Morgan fingerprint density at radius 2 is 2.07 bits per heavy atom. The van der Waals surface area contributed by atoms with E-state index in [1.807, 2.05) is 24.3 Å². The maximum absolute atomic E-state index is 10.6. The fourth-order valence-corrected chi connectivity index (χ4v) is 2.61. The largest absolute Gasteiger partial charge is 0.492 e. The summed E-state index contributed by atoms with van der Waals surface area (Å²) in [4.78, 5) is 0. The predicted octanol–water partition coefficient (Wildman–Crippen LogP) is 2.07. The Kier molecular flexibility index (Phi) is 1.37. The highest BCUT2D eigenvalue weighted by atomic mass is 16.5. The van der Waals surface area contributed by atoms with Crippen LogP contribution in [0.2, 0.25) is 0 Å². The molecular formula is C12H14O2. The number of para-hydroxylation sites is 1. The van der Waals surface area contributed by atoms with Crippen LogP contribution in [-0.4, -0.2) is 11.7 Å². The maximum atomic E-state index is 10.6. The lowest BCUT2D eigenvalue weighted by atomic mass is 9.54. The van der Waals surface area contributed by atoms with Crippen molar-refractivity contribution in [3.63, 3.8) is 0 Å². The van der Waals surface area contributed by atoms with Gasteiger partial charge in [-0.2, -0.15) is 0 Å².